The molecule has 6 fully saturated rings. The van der Waals surface area contributed by atoms with Crippen LogP contribution in [0.15, 0.2) is 0 Å². The minimum atomic E-state index is -0.591. The van der Waals surface area contributed by atoms with Crippen LogP contribution in [0, 0.1) is 52.8 Å². The average molecular weight is 472 g/mol. The standard InChI is InChI=1S/C29H45NO4/c1-16-5-8-27-29(4,33)23-7-6-19-20(22(23)15-30(27)14-16)12-24-21(19)13-26(32)25-11-18(34-17(2)31)9-10-28(24,25)3/h16,18-25,27,33H,5-15H2,1-4H3/t16-,18+,19+,20+,21-,22-,23+,24-,25+,27-,28+,29-/m0/s1. The number of esters is 1. The number of ether oxygens (including phenoxy) is 1. The fraction of sp³-hybridized carbons (Fsp3) is 0.931. The van der Waals surface area contributed by atoms with Gasteiger partial charge in [0.1, 0.15) is 11.9 Å². The Morgan fingerprint density at radius 2 is 1.76 bits per heavy atom. The molecule has 0 aromatic heterocycles. The Kier molecular flexibility index (Phi) is 5.54. The predicted molar refractivity (Wildman–Crippen MR) is 130 cm³/mol. The van der Waals surface area contributed by atoms with Crippen LogP contribution in [-0.2, 0) is 14.3 Å². The molecule has 1 N–H and O–H groups in total. The van der Waals surface area contributed by atoms with Crippen molar-refractivity contribution in [3.8, 4) is 0 Å². The van der Waals surface area contributed by atoms with E-state index in [1.165, 1.54) is 26.2 Å². The first kappa shape index (κ1) is 23.5. The first-order valence-electron chi connectivity index (χ1n) is 14.3. The van der Waals surface area contributed by atoms with Crippen LogP contribution in [-0.4, -0.2) is 52.6 Å². The van der Waals surface area contributed by atoms with Gasteiger partial charge in [-0.3, -0.25) is 14.5 Å². The molecule has 0 amide bonds. The molecule has 12 atom stereocenters. The molecular formula is C29H45NO4. The number of piperidine rings is 2. The maximum atomic E-state index is 13.5. The van der Waals surface area contributed by atoms with E-state index in [2.05, 4.69) is 25.7 Å². The quantitative estimate of drug-likeness (QED) is 0.572. The van der Waals surface area contributed by atoms with Gasteiger partial charge >= 0.3 is 5.97 Å². The monoisotopic (exact) mass is 471 g/mol. The largest absolute Gasteiger partial charge is 0.463 e. The number of aliphatic hydroxyl groups is 1. The van der Waals surface area contributed by atoms with E-state index in [9.17, 15) is 14.7 Å². The van der Waals surface area contributed by atoms with E-state index in [4.69, 9.17) is 4.74 Å². The third kappa shape index (κ3) is 3.38. The van der Waals surface area contributed by atoms with Crippen molar-refractivity contribution in [2.45, 2.75) is 103 Å². The van der Waals surface area contributed by atoms with Gasteiger partial charge in [0, 0.05) is 38.4 Å². The smallest absolute Gasteiger partial charge is 0.302 e. The van der Waals surface area contributed by atoms with Crippen LogP contribution in [0.4, 0.5) is 0 Å². The summed E-state index contributed by atoms with van der Waals surface area (Å²) in [6, 6.07) is 0.324. The van der Waals surface area contributed by atoms with Crippen molar-refractivity contribution < 1.29 is 19.4 Å². The van der Waals surface area contributed by atoms with Crippen molar-refractivity contribution in [2.24, 2.45) is 52.8 Å². The molecule has 190 valence electrons. The number of ketones is 1. The molecule has 0 unspecified atom stereocenters. The summed E-state index contributed by atoms with van der Waals surface area (Å²) in [7, 11) is 0. The van der Waals surface area contributed by atoms with Crippen LogP contribution >= 0.6 is 0 Å². The molecule has 2 heterocycles. The highest BCUT2D eigenvalue weighted by Gasteiger charge is 2.64. The van der Waals surface area contributed by atoms with Gasteiger partial charge in [-0.25, -0.2) is 0 Å². The third-order valence-electron chi connectivity index (χ3n) is 12.1. The van der Waals surface area contributed by atoms with Gasteiger partial charge in [-0.2, -0.15) is 0 Å². The molecule has 0 aromatic carbocycles. The van der Waals surface area contributed by atoms with E-state index in [1.807, 2.05) is 0 Å². The summed E-state index contributed by atoms with van der Waals surface area (Å²) >= 11 is 0. The Morgan fingerprint density at radius 3 is 2.53 bits per heavy atom. The van der Waals surface area contributed by atoms with E-state index in [0.29, 0.717) is 47.3 Å². The molecular weight excluding hydrogens is 426 g/mol. The zero-order chi connectivity index (χ0) is 24.0. The van der Waals surface area contributed by atoms with Crippen LogP contribution in [0.3, 0.4) is 0 Å². The molecule has 0 radical (unpaired) electrons. The van der Waals surface area contributed by atoms with Crippen molar-refractivity contribution in [3.63, 3.8) is 0 Å². The van der Waals surface area contributed by atoms with Crippen LogP contribution < -0.4 is 0 Å². The van der Waals surface area contributed by atoms with Crippen molar-refractivity contribution in [3.05, 3.63) is 0 Å². The van der Waals surface area contributed by atoms with E-state index in [1.54, 1.807) is 0 Å². The Morgan fingerprint density at radius 1 is 0.971 bits per heavy atom. The first-order valence-corrected chi connectivity index (χ1v) is 14.3. The molecule has 0 aromatic rings. The fourth-order valence-corrected chi connectivity index (χ4v) is 10.7. The van der Waals surface area contributed by atoms with Crippen LogP contribution in [0.5, 0.6) is 0 Å². The first-order chi connectivity index (χ1) is 16.1. The molecule has 34 heavy (non-hydrogen) atoms. The summed E-state index contributed by atoms with van der Waals surface area (Å²) in [5.41, 5.74) is -0.547. The lowest BCUT2D eigenvalue weighted by molar-refractivity contribution is -0.175. The predicted octanol–water partition coefficient (Wildman–Crippen LogP) is 4.46. The summed E-state index contributed by atoms with van der Waals surface area (Å²) in [5, 5.41) is 11.9. The summed E-state index contributed by atoms with van der Waals surface area (Å²) < 4.78 is 5.57. The second-order valence-electron chi connectivity index (χ2n) is 13.8. The van der Waals surface area contributed by atoms with Crippen LogP contribution in [0.25, 0.3) is 0 Å². The van der Waals surface area contributed by atoms with Gasteiger partial charge in [-0.05, 0) is 105 Å². The van der Waals surface area contributed by atoms with E-state index in [0.717, 1.165) is 57.5 Å². The molecule has 0 bridgehead atoms. The molecule has 6 rings (SSSR count). The maximum absolute atomic E-state index is 13.5. The lowest BCUT2D eigenvalue weighted by atomic mass is 9.51. The second kappa shape index (κ2) is 8.03. The minimum absolute atomic E-state index is 0.0445. The van der Waals surface area contributed by atoms with Crippen LogP contribution in [0.2, 0.25) is 0 Å². The highest BCUT2D eigenvalue weighted by molar-refractivity contribution is 5.83. The Balaban J connectivity index is 1.26. The average Bonchev–Trinajstić information content (AvgIpc) is 3.14. The van der Waals surface area contributed by atoms with Crippen LogP contribution in [0.1, 0.15) is 85.5 Å². The number of hydrogen-bond acceptors (Lipinski definition) is 5. The molecule has 6 aliphatic rings. The number of fused-ring (bicyclic) bond motifs is 8. The Hall–Kier alpha value is -0.940. The normalized spacial score (nSPS) is 54.8. The number of rotatable bonds is 1. The molecule has 4 aliphatic carbocycles. The van der Waals surface area contributed by atoms with E-state index < -0.39 is 5.60 Å². The Bertz CT molecular complexity index is 855. The number of hydrogen-bond donors (Lipinski definition) is 1. The second-order valence-corrected chi connectivity index (χ2v) is 13.8. The topological polar surface area (TPSA) is 66.8 Å². The third-order valence-corrected chi connectivity index (χ3v) is 12.1. The van der Waals surface area contributed by atoms with Gasteiger partial charge in [0.2, 0.25) is 0 Å². The molecule has 5 heteroatoms. The maximum Gasteiger partial charge on any atom is 0.302 e. The van der Waals surface area contributed by atoms with Gasteiger partial charge in [0.25, 0.3) is 0 Å². The molecule has 2 saturated heterocycles. The number of carbonyl (C=O) groups excluding carboxylic acids is 2. The van der Waals surface area contributed by atoms with Gasteiger partial charge in [-0.15, -0.1) is 0 Å². The van der Waals surface area contributed by atoms with E-state index in [-0.39, 0.29) is 23.4 Å². The number of Topliss-reactive ketones (excluding diaryl/α,β-unsaturated/α-hetero) is 1. The zero-order valence-electron chi connectivity index (χ0n) is 21.7. The summed E-state index contributed by atoms with van der Waals surface area (Å²) in [4.78, 5) is 27.7. The highest BCUT2D eigenvalue weighted by Crippen LogP contribution is 2.66. The van der Waals surface area contributed by atoms with Gasteiger partial charge in [0.05, 0.1) is 5.60 Å². The van der Waals surface area contributed by atoms with Gasteiger partial charge in [-0.1, -0.05) is 13.8 Å². The summed E-state index contributed by atoms with van der Waals surface area (Å²) in [5.74, 6) is 4.37. The molecule has 2 aliphatic heterocycles. The van der Waals surface area contributed by atoms with Crippen molar-refractivity contribution in [1.29, 1.82) is 0 Å². The Labute approximate surface area is 205 Å². The number of carbonyl (C=O) groups is 2. The summed E-state index contributed by atoms with van der Waals surface area (Å²) in [6.45, 7) is 10.7. The lowest BCUT2D eigenvalue weighted by Gasteiger charge is -2.59. The van der Waals surface area contributed by atoms with Crippen molar-refractivity contribution in [2.75, 3.05) is 13.1 Å². The van der Waals surface area contributed by atoms with Gasteiger partial charge in [0.15, 0.2) is 0 Å². The zero-order valence-corrected chi connectivity index (χ0v) is 21.7. The summed E-state index contributed by atoms with van der Waals surface area (Å²) in [6.07, 6.45) is 9.19. The number of nitrogens with zero attached hydrogens (tertiary/aromatic N) is 1. The molecule has 0 spiro atoms. The fourth-order valence-electron chi connectivity index (χ4n) is 10.7. The minimum Gasteiger partial charge on any atom is -0.463 e. The lowest BCUT2D eigenvalue weighted by Crippen LogP contribution is -2.67. The van der Waals surface area contributed by atoms with Crippen molar-refractivity contribution >= 4 is 11.8 Å². The van der Waals surface area contributed by atoms with Crippen molar-refractivity contribution in [1.82, 2.24) is 4.90 Å². The molecule has 5 nitrogen and oxygen atoms in total. The van der Waals surface area contributed by atoms with E-state index >= 15 is 0 Å². The highest BCUT2D eigenvalue weighted by atomic mass is 16.5. The SMILES string of the molecule is CC(=O)O[C@@H]1CC[C@@]2(C)[C@H](C1)C(=O)C[C@H]1[C@@H]3CC[C@@H]4[C@@H](CN5C[C@@H](C)CC[C@H]5[C@@]4(C)O)[C@@H]3C[C@@H]12. The van der Waals surface area contributed by atoms with Gasteiger partial charge < -0.3 is 9.84 Å². The molecule has 4 saturated carbocycles.